The number of nitrogens with zero attached hydrogens (tertiary/aromatic N) is 3. The second-order valence-electron chi connectivity index (χ2n) is 7.79. The third-order valence-electron chi connectivity index (χ3n) is 5.33. The largest absolute Gasteiger partial charge is 0.341 e. The smallest absolute Gasteiger partial charge is 0.268 e. The van der Waals surface area contributed by atoms with Crippen molar-refractivity contribution in [2.75, 3.05) is 5.01 Å². The van der Waals surface area contributed by atoms with Gasteiger partial charge in [-0.05, 0) is 43.5 Å². The molecule has 1 aliphatic rings. The predicted octanol–water partition coefficient (Wildman–Crippen LogP) is 4.05. The van der Waals surface area contributed by atoms with Crippen molar-refractivity contribution in [2.45, 2.75) is 39.7 Å². The Labute approximate surface area is 181 Å². The number of carbonyl (C=O) groups is 2. The Hall–Kier alpha value is -3.74. The van der Waals surface area contributed by atoms with Gasteiger partial charge in [-0.1, -0.05) is 42.5 Å². The number of H-pyrrole nitrogens is 1. The molecule has 7 heteroatoms. The van der Waals surface area contributed by atoms with Crippen molar-refractivity contribution in [1.82, 2.24) is 15.3 Å². The second kappa shape index (κ2) is 8.55. The Morgan fingerprint density at radius 3 is 2.68 bits per heavy atom. The summed E-state index contributed by atoms with van der Waals surface area (Å²) in [4.78, 5) is 33.0. The minimum atomic E-state index is -0.334. The van der Waals surface area contributed by atoms with Crippen LogP contribution in [0.3, 0.4) is 0 Å². The summed E-state index contributed by atoms with van der Waals surface area (Å²) in [5.41, 5.74) is 4.92. The molecule has 3 aromatic rings. The number of hydrazone groups is 1. The lowest BCUT2D eigenvalue weighted by Gasteiger charge is -2.25. The zero-order valence-electron chi connectivity index (χ0n) is 17.8. The summed E-state index contributed by atoms with van der Waals surface area (Å²) in [5.74, 6) is 0.246. The lowest BCUT2D eigenvalue weighted by Crippen LogP contribution is -2.40. The highest BCUT2D eigenvalue weighted by molar-refractivity contribution is 6.40. The maximum absolute atomic E-state index is 12.9. The molecule has 2 aromatic carbocycles. The van der Waals surface area contributed by atoms with Gasteiger partial charge in [0.05, 0.1) is 23.6 Å². The van der Waals surface area contributed by atoms with Gasteiger partial charge in [-0.15, -0.1) is 0 Å². The standard InChI is InChI=1S/C24H25N5O2/c1-15-9-10-16(2)21(13-15)29-22(30)12-11-19(28-29)24(31)26-17(3)23-25-14-20(27-23)18-7-5-4-6-8-18/h4-10,13-14,17H,11-12H2,1-3H3,(H,25,27)(H,26,31)/t17-/m1/s1. The minimum absolute atomic E-state index is 0.114. The van der Waals surface area contributed by atoms with E-state index in [1.54, 1.807) is 6.20 Å². The molecule has 2 N–H and O–H groups in total. The van der Waals surface area contributed by atoms with Crippen molar-refractivity contribution in [3.8, 4) is 11.3 Å². The van der Waals surface area contributed by atoms with Crippen LogP contribution in [-0.4, -0.2) is 27.5 Å². The lowest BCUT2D eigenvalue weighted by atomic mass is 10.1. The third-order valence-corrected chi connectivity index (χ3v) is 5.33. The molecular formula is C24H25N5O2. The highest BCUT2D eigenvalue weighted by atomic mass is 16.2. The van der Waals surface area contributed by atoms with Crippen molar-refractivity contribution in [1.29, 1.82) is 0 Å². The van der Waals surface area contributed by atoms with Gasteiger partial charge < -0.3 is 10.3 Å². The molecule has 0 spiro atoms. The van der Waals surface area contributed by atoms with E-state index in [1.807, 2.05) is 69.3 Å². The lowest BCUT2D eigenvalue weighted by molar-refractivity contribution is -0.119. The molecule has 0 saturated heterocycles. The summed E-state index contributed by atoms with van der Waals surface area (Å²) in [6.45, 7) is 5.75. The molecular weight excluding hydrogens is 390 g/mol. The fraction of sp³-hybridized carbons (Fsp3) is 0.250. The number of hydrogen-bond acceptors (Lipinski definition) is 4. The summed E-state index contributed by atoms with van der Waals surface area (Å²) >= 11 is 0. The molecule has 1 aliphatic heterocycles. The van der Waals surface area contributed by atoms with E-state index in [9.17, 15) is 9.59 Å². The van der Waals surface area contributed by atoms with Gasteiger partial charge in [0.2, 0.25) is 5.91 Å². The molecule has 2 heterocycles. The number of aromatic nitrogens is 2. The second-order valence-corrected chi connectivity index (χ2v) is 7.79. The fourth-order valence-electron chi connectivity index (χ4n) is 3.52. The van der Waals surface area contributed by atoms with Crippen LogP contribution in [0.5, 0.6) is 0 Å². The SMILES string of the molecule is Cc1ccc(C)c(N2N=C(C(=O)N[C@H](C)c3ncc(-c4ccccc4)[nH]3)CCC2=O)c1. The molecule has 4 rings (SSSR count). The molecule has 0 radical (unpaired) electrons. The van der Waals surface area contributed by atoms with Crippen LogP contribution in [0.2, 0.25) is 0 Å². The summed E-state index contributed by atoms with van der Waals surface area (Å²) in [6.07, 6.45) is 2.31. The number of aromatic amines is 1. The van der Waals surface area contributed by atoms with Crippen LogP contribution in [0.25, 0.3) is 11.3 Å². The number of amides is 2. The first-order chi connectivity index (χ1) is 14.9. The van der Waals surface area contributed by atoms with E-state index < -0.39 is 0 Å². The van der Waals surface area contributed by atoms with Crippen molar-refractivity contribution >= 4 is 23.2 Å². The number of imidazole rings is 1. The monoisotopic (exact) mass is 415 g/mol. The van der Waals surface area contributed by atoms with Crippen molar-refractivity contribution in [3.63, 3.8) is 0 Å². The Kier molecular flexibility index (Phi) is 5.66. The number of hydrogen-bond donors (Lipinski definition) is 2. The van der Waals surface area contributed by atoms with Crippen LogP contribution in [0.15, 0.2) is 59.8 Å². The molecule has 0 unspecified atom stereocenters. The Bertz CT molecular complexity index is 1150. The van der Waals surface area contributed by atoms with Gasteiger partial charge in [0.1, 0.15) is 11.5 Å². The highest BCUT2D eigenvalue weighted by Crippen LogP contribution is 2.26. The quantitative estimate of drug-likeness (QED) is 0.659. The van der Waals surface area contributed by atoms with Crippen molar-refractivity contribution < 1.29 is 9.59 Å². The summed E-state index contributed by atoms with van der Waals surface area (Å²) in [5, 5.41) is 8.69. The summed E-state index contributed by atoms with van der Waals surface area (Å²) in [6, 6.07) is 15.4. The zero-order chi connectivity index (χ0) is 22.0. The van der Waals surface area contributed by atoms with E-state index in [-0.39, 0.29) is 24.3 Å². The summed E-state index contributed by atoms with van der Waals surface area (Å²) in [7, 11) is 0. The molecule has 0 fully saturated rings. The Morgan fingerprint density at radius 2 is 1.90 bits per heavy atom. The zero-order valence-corrected chi connectivity index (χ0v) is 17.8. The first-order valence-electron chi connectivity index (χ1n) is 10.3. The number of aryl methyl sites for hydroxylation is 2. The van der Waals surface area contributed by atoms with Crippen molar-refractivity contribution in [2.24, 2.45) is 5.10 Å². The molecule has 0 saturated carbocycles. The maximum atomic E-state index is 12.9. The normalized spacial score (nSPS) is 14.9. The van der Waals surface area contributed by atoms with Crippen LogP contribution in [-0.2, 0) is 9.59 Å². The average molecular weight is 415 g/mol. The average Bonchev–Trinajstić information content (AvgIpc) is 3.27. The molecule has 2 amide bonds. The molecule has 31 heavy (non-hydrogen) atoms. The van der Waals surface area contributed by atoms with Gasteiger partial charge in [0.15, 0.2) is 0 Å². The first kappa shape index (κ1) is 20.5. The molecule has 0 bridgehead atoms. The van der Waals surface area contributed by atoms with Gasteiger partial charge in [-0.2, -0.15) is 5.10 Å². The predicted molar refractivity (Wildman–Crippen MR) is 121 cm³/mol. The van der Waals surface area contributed by atoms with Crippen LogP contribution < -0.4 is 10.3 Å². The minimum Gasteiger partial charge on any atom is -0.341 e. The molecule has 0 aliphatic carbocycles. The first-order valence-corrected chi connectivity index (χ1v) is 10.3. The number of rotatable bonds is 5. The number of nitrogens with one attached hydrogen (secondary N) is 2. The molecule has 1 aromatic heterocycles. The van der Waals surface area contributed by atoms with E-state index in [0.29, 0.717) is 23.6 Å². The van der Waals surface area contributed by atoms with Crippen molar-refractivity contribution in [3.05, 3.63) is 71.7 Å². The molecule has 158 valence electrons. The van der Waals surface area contributed by atoms with Crippen LogP contribution >= 0.6 is 0 Å². The highest BCUT2D eigenvalue weighted by Gasteiger charge is 2.27. The maximum Gasteiger partial charge on any atom is 0.268 e. The summed E-state index contributed by atoms with van der Waals surface area (Å²) < 4.78 is 0. The molecule has 1 atom stereocenters. The van der Waals surface area contributed by atoms with Gasteiger partial charge in [0.25, 0.3) is 5.91 Å². The van der Waals surface area contributed by atoms with Gasteiger partial charge in [0, 0.05) is 12.8 Å². The number of carbonyl (C=O) groups excluding carboxylic acids is 2. The Balaban J connectivity index is 1.51. The van der Waals surface area contributed by atoms with E-state index in [1.165, 1.54) is 5.01 Å². The van der Waals surface area contributed by atoms with E-state index in [2.05, 4.69) is 20.4 Å². The van der Waals surface area contributed by atoms with E-state index >= 15 is 0 Å². The van der Waals surface area contributed by atoms with Crippen LogP contribution in [0, 0.1) is 13.8 Å². The van der Waals surface area contributed by atoms with Gasteiger partial charge >= 0.3 is 0 Å². The van der Waals surface area contributed by atoms with Crippen LogP contribution in [0.1, 0.15) is 42.8 Å². The fourth-order valence-corrected chi connectivity index (χ4v) is 3.52. The van der Waals surface area contributed by atoms with E-state index in [0.717, 1.165) is 22.4 Å². The number of benzene rings is 2. The topological polar surface area (TPSA) is 90.4 Å². The van der Waals surface area contributed by atoms with Gasteiger partial charge in [-0.25, -0.2) is 9.99 Å². The molecule has 7 nitrogen and oxygen atoms in total. The number of anilines is 1. The third kappa shape index (κ3) is 4.40. The van der Waals surface area contributed by atoms with E-state index in [4.69, 9.17) is 0 Å². The Morgan fingerprint density at radius 1 is 1.13 bits per heavy atom. The van der Waals surface area contributed by atoms with Gasteiger partial charge in [-0.3, -0.25) is 9.59 Å². The van der Waals surface area contributed by atoms with Crippen LogP contribution in [0.4, 0.5) is 5.69 Å².